The number of anilines is 1. The van der Waals surface area contributed by atoms with Gasteiger partial charge in [-0.15, -0.1) is 11.6 Å². The van der Waals surface area contributed by atoms with Crippen LogP contribution in [0.2, 0.25) is 0 Å². The second-order valence-electron chi connectivity index (χ2n) is 5.09. The number of nitrogens with zero attached hydrogens (tertiary/aromatic N) is 1. The van der Waals surface area contributed by atoms with Crippen LogP contribution in [0.25, 0.3) is 0 Å². The molecule has 4 nitrogen and oxygen atoms in total. The van der Waals surface area contributed by atoms with Gasteiger partial charge in [-0.25, -0.2) is 0 Å². The molecular weight excluding hydrogens is 290 g/mol. The zero-order valence-corrected chi connectivity index (χ0v) is 13.4. The Hall–Kier alpha value is -1.10. The number of hydrogen-bond acceptors (Lipinski definition) is 3. The van der Waals surface area contributed by atoms with E-state index >= 15 is 0 Å². The van der Waals surface area contributed by atoms with Gasteiger partial charge in [0.05, 0.1) is 13.2 Å². The Bertz CT molecular complexity index is 486. The summed E-state index contributed by atoms with van der Waals surface area (Å²) in [6.07, 6.45) is 1.76. The van der Waals surface area contributed by atoms with E-state index in [9.17, 15) is 4.79 Å². The summed E-state index contributed by atoms with van der Waals surface area (Å²) in [6.45, 7) is 5.50. The van der Waals surface area contributed by atoms with Crippen LogP contribution in [0.1, 0.15) is 25.0 Å². The standard InChI is InChI=1S/C16H22ClNO3/c1-3-12-5-6-15(13(4-2)7-12)18(16(19)8-17)9-14-10-20-11-21-14/h5-7,14H,3-4,8-11H2,1-2H3. The van der Waals surface area contributed by atoms with Gasteiger partial charge in [-0.05, 0) is 30.0 Å². The molecule has 1 aromatic carbocycles. The molecule has 1 aliphatic heterocycles. The molecule has 0 saturated carbocycles. The Kier molecular flexibility index (Phi) is 6.03. The summed E-state index contributed by atoms with van der Waals surface area (Å²) in [4.78, 5) is 13.9. The lowest BCUT2D eigenvalue weighted by molar-refractivity contribution is -0.116. The van der Waals surface area contributed by atoms with Gasteiger partial charge in [0.1, 0.15) is 18.8 Å². The van der Waals surface area contributed by atoms with E-state index < -0.39 is 0 Å². The van der Waals surface area contributed by atoms with Crippen molar-refractivity contribution in [1.29, 1.82) is 0 Å². The number of aryl methyl sites for hydroxylation is 2. The molecule has 0 spiro atoms. The second-order valence-corrected chi connectivity index (χ2v) is 5.35. The summed E-state index contributed by atoms with van der Waals surface area (Å²) < 4.78 is 10.7. The third-order valence-electron chi connectivity index (χ3n) is 3.72. The molecule has 1 fully saturated rings. The van der Waals surface area contributed by atoms with Crippen molar-refractivity contribution >= 4 is 23.2 Å². The summed E-state index contributed by atoms with van der Waals surface area (Å²) in [5.41, 5.74) is 3.36. The van der Waals surface area contributed by atoms with Crippen LogP contribution in [-0.2, 0) is 27.1 Å². The molecule has 116 valence electrons. The van der Waals surface area contributed by atoms with Crippen LogP contribution in [0, 0.1) is 0 Å². The van der Waals surface area contributed by atoms with E-state index in [2.05, 4.69) is 26.0 Å². The number of rotatable bonds is 6. The first-order chi connectivity index (χ1) is 10.2. The molecule has 5 heteroatoms. The van der Waals surface area contributed by atoms with Crippen molar-refractivity contribution in [2.24, 2.45) is 0 Å². The third-order valence-corrected chi connectivity index (χ3v) is 3.94. The molecule has 1 saturated heterocycles. The molecule has 0 aliphatic carbocycles. The van der Waals surface area contributed by atoms with Crippen molar-refractivity contribution in [3.63, 3.8) is 0 Å². The zero-order chi connectivity index (χ0) is 15.2. The number of carbonyl (C=O) groups excluding carboxylic acids is 1. The normalized spacial score (nSPS) is 18.0. The summed E-state index contributed by atoms with van der Waals surface area (Å²) in [7, 11) is 0. The highest BCUT2D eigenvalue weighted by Gasteiger charge is 2.25. The fourth-order valence-corrected chi connectivity index (χ4v) is 2.64. The van der Waals surface area contributed by atoms with Crippen LogP contribution in [-0.4, -0.2) is 37.8 Å². The molecule has 0 aromatic heterocycles. The van der Waals surface area contributed by atoms with E-state index in [0.717, 1.165) is 24.1 Å². The van der Waals surface area contributed by atoms with Gasteiger partial charge < -0.3 is 14.4 Å². The van der Waals surface area contributed by atoms with E-state index in [1.807, 2.05) is 6.07 Å². The number of halogens is 1. The highest BCUT2D eigenvalue weighted by atomic mass is 35.5. The van der Waals surface area contributed by atoms with Crippen molar-refractivity contribution in [3.8, 4) is 0 Å². The molecule has 1 unspecified atom stereocenters. The van der Waals surface area contributed by atoms with Crippen molar-refractivity contribution in [2.45, 2.75) is 32.8 Å². The Morgan fingerprint density at radius 3 is 2.76 bits per heavy atom. The van der Waals surface area contributed by atoms with Gasteiger partial charge in [-0.3, -0.25) is 4.79 Å². The molecule has 0 bridgehead atoms. The minimum absolute atomic E-state index is 0.0355. The fraction of sp³-hybridized carbons (Fsp3) is 0.562. The Morgan fingerprint density at radius 1 is 1.38 bits per heavy atom. The number of benzene rings is 1. The molecular formula is C16H22ClNO3. The highest BCUT2D eigenvalue weighted by molar-refractivity contribution is 6.29. The molecule has 1 aromatic rings. The molecule has 1 heterocycles. The summed E-state index contributed by atoms with van der Waals surface area (Å²) in [5, 5.41) is 0. The van der Waals surface area contributed by atoms with E-state index in [4.69, 9.17) is 21.1 Å². The van der Waals surface area contributed by atoms with Crippen LogP contribution in [0.3, 0.4) is 0 Å². The topological polar surface area (TPSA) is 38.8 Å². The first-order valence-corrected chi connectivity index (χ1v) is 7.90. The van der Waals surface area contributed by atoms with Gasteiger partial charge >= 0.3 is 0 Å². The maximum atomic E-state index is 12.2. The quantitative estimate of drug-likeness (QED) is 0.758. The first-order valence-electron chi connectivity index (χ1n) is 7.37. The SMILES string of the molecule is CCc1ccc(N(CC2COCO2)C(=O)CCl)c(CC)c1. The summed E-state index contributed by atoms with van der Waals surface area (Å²) in [6, 6.07) is 6.24. The van der Waals surface area contributed by atoms with Gasteiger partial charge in [-0.2, -0.15) is 0 Å². The van der Waals surface area contributed by atoms with Gasteiger partial charge in [-0.1, -0.05) is 26.0 Å². The lowest BCUT2D eigenvalue weighted by atomic mass is 10.0. The van der Waals surface area contributed by atoms with E-state index in [1.165, 1.54) is 5.56 Å². The molecule has 2 rings (SSSR count). The van der Waals surface area contributed by atoms with E-state index in [0.29, 0.717) is 19.9 Å². The highest BCUT2D eigenvalue weighted by Crippen LogP contribution is 2.25. The number of alkyl halides is 1. The van der Waals surface area contributed by atoms with Crippen molar-refractivity contribution in [1.82, 2.24) is 0 Å². The van der Waals surface area contributed by atoms with Crippen molar-refractivity contribution in [2.75, 3.05) is 30.7 Å². The molecule has 1 aliphatic rings. The molecule has 0 N–H and O–H groups in total. The Morgan fingerprint density at radius 2 is 2.19 bits per heavy atom. The molecule has 1 atom stereocenters. The van der Waals surface area contributed by atoms with Crippen LogP contribution < -0.4 is 4.90 Å². The third kappa shape index (κ3) is 3.96. The lowest BCUT2D eigenvalue weighted by Crippen LogP contribution is -2.39. The van der Waals surface area contributed by atoms with Crippen molar-refractivity contribution < 1.29 is 14.3 Å². The Labute approximate surface area is 131 Å². The van der Waals surface area contributed by atoms with Gasteiger partial charge in [0.2, 0.25) is 5.91 Å². The molecule has 1 amide bonds. The number of amides is 1. The first kappa shape index (κ1) is 16.3. The average Bonchev–Trinajstić information content (AvgIpc) is 3.04. The molecule has 21 heavy (non-hydrogen) atoms. The maximum absolute atomic E-state index is 12.2. The number of ether oxygens (including phenoxy) is 2. The van der Waals surface area contributed by atoms with Gasteiger partial charge in [0, 0.05) is 5.69 Å². The van der Waals surface area contributed by atoms with E-state index in [1.54, 1.807) is 4.90 Å². The summed E-state index contributed by atoms with van der Waals surface area (Å²) in [5.74, 6) is -0.141. The second kappa shape index (κ2) is 7.78. The predicted octanol–water partition coefficient (Wildman–Crippen LogP) is 2.76. The van der Waals surface area contributed by atoms with E-state index in [-0.39, 0.29) is 17.9 Å². The van der Waals surface area contributed by atoms with Crippen LogP contribution in [0.5, 0.6) is 0 Å². The largest absolute Gasteiger partial charge is 0.353 e. The Balaban J connectivity index is 2.28. The minimum Gasteiger partial charge on any atom is -0.353 e. The van der Waals surface area contributed by atoms with Crippen LogP contribution in [0.15, 0.2) is 18.2 Å². The fourth-order valence-electron chi connectivity index (χ4n) is 2.49. The lowest BCUT2D eigenvalue weighted by Gasteiger charge is -2.26. The maximum Gasteiger partial charge on any atom is 0.242 e. The monoisotopic (exact) mass is 311 g/mol. The van der Waals surface area contributed by atoms with Crippen molar-refractivity contribution in [3.05, 3.63) is 29.3 Å². The number of carbonyl (C=O) groups is 1. The smallest absolute Gasteiger partial charge is 0.242 e. The van der Waals surface area contributed by atoms with Crippen LogP contribution in [0.4, 0.5) is 5.69 Å². The zero-order valence-electron chi connectivity index (χ0n) is 12.6. The summed E-state index contributed by atoms with van der Waals surface area (Å²) >= 11 is 5.77. The van der Waals surface area contributed by atoms with Gasteiger partial charge in [0.25, 0.3) is 0 Å². The predicted molar refractivity (Wildman–Crippen MR) is 84.0 cm³/mol. The van der Waals surface area contributed by atoms with Gasteiger partial charge in [0.15, 0.2) is 0 Å². The number of hydrogen-bond donors (Lipinski definition) is 0. The molecule has 0 radical (unpaired) electrons. The van der Waals surface area contributed by atoms with Crippen LogP contribution >= 0.6 is 11.6 Å². The average molecular weight is 312 g/mol. The minimum atomic E-state index is -0.105.